The summed E-state index contributed by atoms with van der Waals surface area (Å²) in [6.07, 6.45) is 0. The minimum atomic E-state index is -3.96. The molecule has 1 N–H and O–H groups in total. The highest BCUT2D eigenvalue weighted by molar-refractivity contribution is 7.89. The summed E-state index contributed by atoms with van der Waals surface area (Å²) in [5.74, 6) is -1.34. The van der Waals surface area contributed by atoms with E-state index in [1.165, 1.54) is 29.6 Å². The van der Waals surface area contributed by atoms with E-state index in [9.17, 15) is 18.0 Å². The molecule has 1 heterocycles. The monoisotopic (exact) mass is 472 g/mol. The number of carbonyl (C=O) groups excluding carboxylic acids is 2. The van der Waals surface area contributed by atoms with Gasteiger partial charge in [-0.3, -0.25) is 4.79 Å². The molecule has 0 aliphatic carbocycles. The molecule has 1 amide bonds. The first kappa shape index (κ1) is 22.5. The van der Waals surface area contributed by atoms with Crippen LogP contribution < -0.4 is 5.32 Å². The molecule has 1 fully saturated rings. The second-order valence-electron chi connectivity index (χ2n) is 6.27. The average Bonchev–Trinajstić information content (AvgIpc) is 2.74. The highest BCUT2D eigenvalue weighted by Gasteiger charge is 2.30. The van der Waals surface area contributed by atoms with Crippen molar-refractivity contribution in [1.82, 2.24) is 4.31 Å². The SMILES string of the molecule is COC(=O)c1ccccc1NC(=O)c1cc(S(=O)(=O)N2CCOCC2)c(Cl)cc1Cl. The summed E-state index contributed by atoms with van der Waals surface area (Å²) in [4.78, 5) is 24.5. The van der Waals surface area contributed by atoms with Crippen LogP contribution in [0.3, 0.4) is 0 Å². The number of sulfonamides is 1. The molecule has 2 aromatic carbocycles. The number of nitrogens with zero attached hydrogens (tertiary/aromatic N) is 1. The second-order valence-corrected chi connectivity index (χ2v) is 8.99. The number of para-hydroxylation sites is 1. The number of ether oxygens (including phenoxy) is 2. The maximum absolute atomic E-state index is 13.0. The maximum Gasteiger partial charge on any atom is 0.339 e. The lowest BCUT2D eigenvalue weighted by Crippen LogP contribution is -2.40. The zero-order chi connectivity index (χ0) is 21.9. The number of hydrogen-bond acceptors (Lipinski definition) is 6. The molecule has 30 heavy (non-hydrogen) atoms. The van der Waals surface area contributed by atoms with Gasteiger partial charge < -0.3 is 14.8 Å². The largest absolute Gasteiger partial charge is 0.465 e. The Balaban J connectivity index is 1.96. The molecule has 11 heteroatoms. The van der Waals surface area contributed by atoms with Crippen molar-refractivity contribution in [2.24, 2.45) is 0 Å². The van der Waals surface area contributed by atoms with E-state index in [1.54, 1.807) is 12.1 Å². The number of morpholine rings is 1. The highest BCUT2D eigenvalue weighted by Crippen LogP contribution is 2.31. The van der Waals surface area contributed by atoms with Crippen molar-refractivity contribution >= 4 is 50.8 Å². The van der Waals surface area contributed by atoms with Gasteiger partial charge in [-0.1, -0.05) is 35.3 Å². The third-order valence-corrected chi connectivity index (χ3v) is 7.11. The van der Waals surface area contributed by atoms with Gasteiger partial charge in [-0.05, 0) is 24.3 Å². The van der Waals surface area contributed by atoms with Gasteiger partial charge in [-0.15, -0.1) is 0 Å². The zero-order valence-corrected chi connectivity index (χ0v) is 18.2. The van der Waals surface area contributed by atoms with Gasteiger partial charge in [0.25, 0.3) is 5.91 Å². The van der Waals surface area contributed by atoms with Crippen LogP contribution in [0.2, 0.25) is 10.0 Å². The van der Waals surface area contributed by atoms with Crippen LogP contribution in [0.15, 0.2) is 41.3 Å². The first-order chi connectivity index (χ1) is 14.3. The Morgan fingerprint density at radius 2 is 1.73 bits per heavy atom. The van der Waals surface area contributed by atoms with Gasteiger partial charge >= 0.3 is 5.97 Å². The maximum atomic E-state index is 13.0. The zero-order valence-electron chi connectivity index (χ0n) is 15.9. The predicted molar refractivity (Wildman–Crippen MR) is 112 cm³/mol. The lowest BCUT2D eigenvalue weighted by atomic mass is 10.1. The Morgan fingerprint density at radius 3 is 2.40 bits per heavy atom. The standard InChI is InChI=1S/C19H18Cl2N2O6S/c1-28-19(25)12-4-2-3-5-16(12)22-18(24)13-10-17(15(21)11-14(13)20)30(26,27)23-6-8-29-9-7-23/h2-5,10-11H,6-9H2,1H3,(H,22,24). The molecule has 8 nitrogen and oxygen atoms in total. The molecular weight excluding hydrogens is 455 g/mol. The predicted octanol–water partition coefficient (Wildman–Crippen LogP) is 3.05. The van der Waals surface area contributed by atoms with Crippen LogP contribution in [0.1, 0.15) is 20.7 Å². The number of esters is 1. The molecule has 0 radical (unpaired) electrons. The van der Waals surface area contributed by atoms with E-state index in [0.717, 1.165) is 6.07 Å². The fraction of sp³-hybridized carbons (Fsp3) is 0.263. The van der Waals surface area contributed by atoms with E-state index in [1.807, 2.05) is 0 Å². The quantitative estimate of drug-likeness (QED) is 0.670. The van der Waals surface area contributed by atoms with Gasteiger partial charge in [0.05, 0.1) is 47.2 Å². The third kappa shape index (κ3) is 4.60. The van der Waals surface area contributed by atoms with E-state index in [-0.39, 0.29) is 58.1 Å². The Morgan fingerprint density at radius 1 is 1.07 bits per heavy atom. The number of halogens is 2. The van der Waals surface area contributed by atoms with Gasteiger partial charge in [0.2, 0.25) is 10.0 Å². The second kappa shape index (κ2) is 9.32. The average molecular weight is 473 g/mol. The van der Waals surface area contributed by atoms with E-state index < -0.39 is 21.9 Å². The van der Waals surface area contributed by atoms with Crippen molar-refractivity contribution in [3.8, 4) is 0 Å². The van der Waals surface area contributed by atoms with Crippen LogP contribution in [0.25, 0.3) is 0 Å². The Bertz CT molecular complexity index is 1080. The lowest BCUT2D eigenvalue weighted by Gasteiger charge is -2.26. The first-order valence-corrected chi connectivity index (χ1v) is 11.0. The Kier molecular flexibility index (Phi) is 6.99. The van der Waals surface area contributed by atoms with Crippen LogP contribution in [0.4, 0.5) is 5.69 Å². The van der Waals surface area contributed by atoms with E-state index in [4.69, 9.17) is 32.7 Å². The van der Waals surface area contributed by atoms with Gasteiger partial charge in [0.1, 0.15) is 4.90 Å². The summed E-state index contributed by atoms with van der Waals surface area (Å²) < 4.78 is 37.1. The van der Waals surface area contributed by atoms with Crippen molar-refractivity contribution in [2.45, 2.75) is 4.90 Å². The van der Waals surface area contributed by atoms with Crippen LogP contribution >= 0.6 is 23.2 Å². The van der Waals surface area contributed by atoms with Crippen molar-refractivity contribution < 1.29 is 27.5 Å². The van der Waals surface area contributed by atoms with Crippen LogP contribution in [0.5, 0.6) is 0 Å². The molecule has 1 aliphatic rings. The van der Waals surface area contributed by atoms with E-state index >= 15 is 0 Å². The number of anilines is 1. The normalized spacial score (nSPS) is 14.9. The fourth-order valence-corrected chi connectivity index (χ4v) is 5.14. The van der Waals surface area contributed by atoms with Crippen LogP contribution in [-0.2, 0) is 19.5 Å². The molecule has 0 saturated carbocycles. The first-order valence-electron chi connectivity index (χ1n) is 8.81. The topological polar surface area (TPSA) is 102 Å². The number of benzene rings is 2. The molecule has 160 valence electrons. The van der Waals surface area contributed by atoms with Gasteiger partial charge in [0, 0.05) is 13.1 Å². The van der Waals surface area contributed by atoms with E-state index in [2.05, 4.69) is 5.32 Å². The molecule has 0 bridgehead atoms. The molecule has 1 saturated heterocycles. The summed E-state index contributed by atoms with van der Waals surface area (Å²) in [5.41, 5.74) is 0.227. The minimum Gasteiger partial charge on any atom is -0.465 e. The summed E-state index contributed by atoms with van der Waals surface area (Å²) >= 11 is 12.3. The van der Waals surface area contributed by atoms with Crippen LogP contribution in [-0.4, -0.2) is 58.0 Å². The van der Waals surface area contributed by atoms with E-state index in [0.29, 0.717) is 0 Å². The van der Waals surface area contributed by atoms with Gasteiger partial charge in [-0.25, -0.2) is 13.2 Å². The summed E-state index contributed by atoms with van der Waals surface area (Å²) in [6, 6.07) is 8.58. The lowest BCUT2D eigenvalue weighted by molar-refractivity contribution is 0.0602. The number of hydrogen-bond donors (Lipinski definition) is 1. The van der Waals surface area contributed by atoms with Gasteiger partial charge in [0.15, 0.2) is 0 Å². The number of carbonyl (C=O) groups is 2. The molecule has 0 unspecified atom stereocenters. The molecular formula is C19H18Cl2N2O6S. The smallest absolute Gasteiger partial charge is 0.339 e. The summed E-state index contributed by atoms with van der Waals surface area (Å²) in [6.45, 7) is 0.884. The van der Waals surface area contributed by atoms with Crippen LogP contribution in [0, 0.1) is 0 Å². The Labute approximate surface area is 183 Å². The molecule has 0 atom stereocenters. The number of nitrogens with one attached hydrogen (secondary N) is 1. The number of methoxy groups -OCH3 is 1. The summed E-state index contributed by atoms with van der Waals surface area (Å²) in [7, 11) is -2.73. The van der Waals surface area contributed by atoms with Crippen molar-refractivity contribution in [1.29, 1.82) is 0 Å². The number of rotatable bonds is 5. The third-order valence-electron chi connectivity index (χ3n) is 4.43. The molecule has 1 aliphatic heterocycles. The van der Waals surface area contributed by atoms with Crippen molar-refractivity contribution in [2.75, 3.05) is 38.7 Å². The number of amides is 1. The molecule has 3 rings (SSSR count). The van der Waals surface area contributed by atoms with Crippen molar-refractivity contribution in [3.63, 3.8) is 0 Å². The summed E-state index contributed by atoms with van der Waals surface area (Å²) in [5, 5.41) is 2.43. The molecule has 0 aromatic heterocycles. The molecule has 0 spiro atoms. The van der Waals surface area contributed by atoms with Crippen molar-refractivity contribution in [3.05, 3.63) is 57.6 Å². The van der Waals surface area contributed by atoms with Gasteiger partial charge in [-0.2, -0.15) is 4.31 Å². The fourth-order valence-electron chi connectivity index (χ4n) is 2.90. The Hall–Kier alpha value is -2.17. The minimum absolute atomic E-state index is 0.0334. The highest BCUT2D eigenvalue weighted by atomic mass is 35.5. The molecule has 2 aromatic rings.